The van der Waals surface area contributed by atoms with E-state index in [9.17, 15) is 5.11 Å². The molecule has 0 saturated carbocycles. The van der Waals surface area contributed by atoms with Crippen molar-refractivity contribution in [1.29, 1.82) is 0 Å². The van der Waals surface area contributed by atoms with Crippen molar-refractivity contribution in [3.05, 3.63) is 12.1 Å². The molecule has 5 heteroatoms. The highest BCUT2D eigenvalue weighted by Gasteiger charge is 2.21. The van der Waals surface area contributed by atoms with Gasteiger partial charge in [-0.3, -0.25) is 0 Å². The van der Waals surface area contributed by atoms with E-state index in [1.54, 1.807) is 11.8 Å². The molecule has 1 N–H and O–H groups in total. The van der Waals surface area contributed by atoms with Crippen LogP contribution in [0.2, 0.25) is 0 Å². The summed E-state index contributed by atoms with van der Waals surface area (Å²) >= 11 is 1.58. The fraction of sp³-hybridized carbons (Fsp3) is 0.556. The Morgan fingerprint density at radius 1 is 1.50 bits per heavy atom. The van der Waals surface area contributed by atoms with Gasteiger partial charge < -0.3 is 10.0 Å². The third-order valence-electron chi connectivity index (χ3n) is 2.32. The minimum atomic E-state index is -0.211. The quantitative estimate of drug-likeness (QED) is 0.732. The maximum absolute atomic E-state index is 9.37. The van der Waals surface area contributed by atoms with Crippen molar-refractivity contribution in [3.8, 4) is 0 Å². The SMILES string of the molecule is CSc1ccc(N2CC[C@H](O)C2)nn1. The van der Waals surface area contributed by atoms with Gasteiger partial charge in [0.2, 0.25) is 0 Å². The van der Waals surface area contributed by atoms with Gasteiger partial charge in [-0.1, -0.05) is 0 Å². The monoisotopic (exact) mass is 211 g/mol. The normalized spacial score (nSPS) is 21.6. The van der Waals surface area contributed by atoms with E-state index in [0.29, 0.717) is 6.54 Å². The summed E-state index contributed by atoms with van der Waals surface area (Å²) < 4.78 is 0. The molecule has 2 heterocycles. The molecule has 1 atom stereocenters. The van der Waals surface area contributed by atoms with E-state index in [-0.39, 0.29) is 6.10 Å². The first kappa shape index (κ1) is 9.73. The number of aliphatic hydroxyl groups is 1. The van der Waals surface area contributed by atoms with Crippen molar-refractivity contribution in [1.82, 2.24) is 10.2 Å². The Labute approximate surface area is 87.3 Å². The second kappa shape index (κ2) is 4.14. The topological polar surface area (TPSA) is 49.2 Å². The Bertz CT molecular complexity index is 303. The highest BCUT2D eigenvalue weighted by atomic mass is 32.2. The zero-order valence-corrected chi connectivity index (χ0v) is 8.87. The summed E-state index contributed by atoms with van der Waals surface area (Å²) in [6, 6.07) is 3.91. The van der Waals surface area contributed by atoms with Crippen LogP contribution >= 0.6 is 11.8 Å². The highest BCUT2D eigenvalue weighted by molar-refractivity contribution is 7.98. The van der Waals surface area contributed by atoms with Crippen molar-refractivity contribution in [3.63, 3.8) is 0 Å². The first-order chi connectivity index (χ1) is 6.79. The number of thioether (sulfide) groups is 1. The third kappa shape index (κ3) is 1.99. The van der Waals surface area contributed by atoms with Crippen LogP contribution < -0.4 is 4.90 Å². The van der Waals surface area contributed by atoms with Gasteiger partial charge >= 0.3 is 0 Å². The molecular formula is C9H13N3OS. The average Bonchev–Trinajstić information content (AvgIpc) is 2.65. The summed E-state index contributed by atoms with van der Waals surface area (Å²) in [5.74, 6) is 0.861. The molecule has 0 radical (unpaired) electrons. The smallest absolute Gasteiger partial charge is 0.151 e. The summed E-state index contributed by atoms with van der Waals surface area (Å²) in [7, 11) is 0. The van der Waals surface area contributed by atoms with Gasteiger partial charge in [0.25, 0.3) is 0 Å². The second-order valence-electron chi connectivity index (χ2n) is 3.32. The third-order valence-corrected chi connectivity index (χ3v) is 2.96. The standard InChI is InChI=1S/C9H13N3OS/c1-14-9-3-2-8(10-11-9)12-5-4-7(13)6-12/h2-3,7,13H,4-6H2,1H3/t7-/m0/s1. The molecule has 1 aliphatic rings. The molecule has 0 amide bonds. The zero-order valence-electron chi connectivity index (χ0n) is 8.05. The second-order valence-corrected chi connectivity index (χ2v) is 4.15. The molecule has 14 heavy (non-hydrogen) atoms. The number of rotatable bonds is 2. The Kier molecular flexibility index (Phi) is 2.88. The van der Waals surface area contributed by atoms with Gasteiger partial charge in [-0.15, -0.1) is 22.0 Å². The maximum atomic E-state index is 9.37. The van der Waals surface area contributed by atoms with Gasteiger partial charge in [0.1, 0.15) is 5.03 Å². The van der Waals surface area contributed by atoms with Crippen LogP contribution in [0, 0.1) is 0 Å². The lowest BCUT2D eigenvalue weighted by atomic mass is 10.3. The van der Waals surface area contributed by atoms with Crippen molar-refractivity contribution >= 4 is 17.6 Å². The minimum absolute atomic E-state index is 0.211. The van der Waals surface area contributed by atoms with E-state index in [4.69, 9.17) is 0 Å². The molecule has 1 fully saturated rings. The lowest BCUT2D eigenvalue weighted by Crippen LogP contribution is -2.22. The predicted octanol–water partition coefficient (Wildman–Crippen LogP) is 0.770. The summed E-state index contributed by atoms with van der Waals surface area (Å²) in [4.78, 5) is 2.06. The first-order valence-corrected chi connectivity index (χ1v) is 5.83. The van der Waals surface area contributed by atoms with E-state index < -0.39 is 0 Å². The number of aliphatic hydroxyl groups excluding tert-OH is 1. The molecule has 0 aromatic carbocycles. The number of anilines is 1. The van der Waals surface area contributed by atoms with E-state index in [1.165, 1.54) is 0 Å². The van der Waals surface area contributed by atoms with Crippen LogP contribution in [0.15, 0.2) is 17.2 Å². The van der Waals surface area contributed by atoms with Gasteiger partial charge in [-0.25, -0.2) is 0 Å². The summed E-state index contributed by atoms with van der Waals surface area (Å²) in [5.41, 5.74) is 0. The number of β-amino-alcohol motifs (C(OH)–C–C–N with tert-alkyl or cyclic N) is 1. The predicted molar refractivity (Wildman–Crippen MR) is 56.6 cm³/mol. The van der Waals surface area contributed by atoms with Gasteiger partial charge in [0.15, 0.2) is 5.82 Å². The largest absolute Gasteiger partial charge is 0.391 e. The summed E-state index contributed by atoms with van der Waals surface area (Å²) in [6.45, 7) is 1.54. The van der Waals surface area contributed by atoms with E-state index in [1.807, 2.05) is 18.4 Å². The van der Waals surface area contributed by atoms with E-state index >= 15 is 0 Å². The Morgan fingerprint density at radius 2 is 2.36 bits per heavy atom. The molecule has 2 rings (SSSR count). The van der Waals surface area contributed by atoms with Gasteiger partial charge in [-0.05, 0) is 24.8 Å². The highest BCUT2D eigenvalue weighted by Crippen LogP contribution is 2.19. The van der Waals surface area contributed by atoms with E-state index in [2.05, 4.69) is 15.1 Å². The first-order valence-electron chi connectivity index (χ1n) is 4.60. The molecule has 0 spiro atoms. The molecule has 76 valence electrons. The molecule has 0 aliphatic carbocycles. The van der Waals surface area contributed by atoms with Crippen LogP contribution in [-0.4, -0.2) is 40.8 Å². The average molecular weight is 211 g/mol. The fourth-order valence-corrected chi connectivity index (χ4v) is 1.87. The molecule has 1 aromatic rings. The fourth-order valence-electron chi connectivity index (χ4n) is 1.54. The lowest BCUT2D eigenvalue weighted by molar-refractivity contribution is 0.198. The van der Waals surface area contributed by atoms with Crippen LogP contribution in [0.3, 0.4) is 0 Å². The molecule has 1 aliphatic heterocycles. The Morgan fingerprint density at radius 3 is 2.86 bits per heavy atom. The molecule has 4 nitrogen and oxygen atoms in total. The maximum Gasteiger partial charge on any atom is 0.151 e. The van der Waals surface area contributed by atoms with Crippen molar-refractivity contribution in [2.45, 2.75) is 17.6 Å². The van der Waals surface area contributed by atoms with Crippen LogP contribution in [0.1, 0.15) is 6.42 Å². The van der Waals surface area contributed by atoms with Gasteiger partial charge in [0, 0.05) is 13.1 Å². The lowest BCUT2D eigenvalue weighted by Gasteiger charge is -2.15. The molecule has 0 unspecified atom stereocenters. The Balaban J connectivity index is 2.09. The molecule has 1 aromatic heterocycles. The number of nitrogens with zero attached hydrogens (tertiary/aromatic N) is 3. The Hall–Kier alpha value is -0.810. The van der Waals surface area contributed by atoms with Crippen molar-refractivity contribution in [2.24, 2.45) is 0 Å². The molecular weight excluding hydrogens is 198 g/mol. The van der Waals surface area contributed by atoms with Crippen molar-refractivity contribution < 1.29 is 5.11 Å². The molecule has 1 saturated heterocycles. The zero-order chi connectivity index (χ0) is 9.97. The summed E-state index contributed by atoms with van der Waals surface area (Å²) in [6.07, 6.45) is 2.59. The van der Waals surface area contributed by atoms with Crippen molar-refractivity contribution in [2.75, 3.05) is 24.2 Å². The van der Waals surface area contributed by atoms with Crippen LogP contribution in [-0.2, 0) is 0 Å². The van der Waals surface area contributed by atoms with Crippen LogP contribution in [0.4, 0.5) is 5.82 Å². The van der Waals surface area contributed by atoms with Crippen LogP contribution in [0.25, 0.3) is 0 Å². The van der Waals surface area contributed by atoms with Crippen LogP contribution in [0.5, 0.6) is 0 Å². The minimum Gasteiger partial charge on any atom is -0.391 e. The van der Waals surface area contributed by atoms with E-state index in [0.717, 1.165) is 23.8 Å². The number of aromatic nitrogens is 2. The summed E-state index contributed by atoms with van der Waals surface area (Å²) in [5, 5.41) is 18.5. The molecule has 0 bridgehead atoms. The van der Waals surface area contributed by atoms with Gasteiger partial charge in [0.05, 0.1) is 6.10 Å². The number of hydrogen-bond acceptors (Lipinski definition) is 5. The number of hydrogen-bond donors (Lipinski definition) is 1. The van der Waals surface area contributed by atoms with Gasteiger partial charge in [-0.2, -0.15) is 0 Å².